The minimum atomic E-state index is -3.98. The van der Waals surface area contributed by atoms with E-state index in [1.165, 1.54) is 23.8 Å². The molecule has 5 aromatic rings. The zero-order valence-electron chi connectivity index (χ0n) is 30.4. The van der Waals surface area contributed by atoms with Crippen LogP contribution in [0.25, 0.3) is 10.8 Å². The lowest BCUT2D eigenvalue weighted by Crippen LogP contribution is -2.33. The Morgan fingerprint density at radius 3 is 2.04 bits per heavy atom. The lowest BCUT2D eigenvalue weighted by Gasteiger charge is -2.31. The fourth-order valence-corrected chi connectivity index (χ4v) is 6.87. The second-order valence-electron chi connectivity index (χ2n) is 14.0. The summed E-state index contributed by atoms with van der Waals surface area (Å²) in [7, 11) is -3.98. The summed E-state index contributed by atoms with van der Waals surface area (Å²) in [4.78, 5) is 14.0. The minimum Gasteiger partial charge on any atom is -0.505 e. The van der Waals surface area contributed by atoms with Crippen molar-refractivity contribution in [2.45, 2.75) is 89.6 Å². The van der Waals surface area contributed by atoms with Crippen molar-refractivity contribution in [3.63, 3.8) is 0 Å². The highest BCUT2D eigenvalue weighted by Gasteiger charge is 2.30. The molecule has 0 bridgehead atoms. The Labute approximate surface area is 301 Å². The number of amides is 1. The van der Waals surface area contributed by atoms with Crippen LogP contribution < -0.4 is 19.5 Å². The third-order valence-electron chi connectivity index (χ3n) is 9.81. The van der Waals surface area contributed by atoms with Crippen molar-refractivity contribution >= 4 is 38.1 Å². The molecule has 0 saturated carbocycles. The fraction of sp³-hybridized carbons (Fsp3) is 0.310. The largest absolute Gasteiger partial charge is 0.505 e. The number of hydrogen-bond donors (Lipinski definition) is 3. The first-order valence-corrected chi connectivity index (χ1v) is 18.9. The molecule has 0 aliphatic carbocycles. The van der Waals surface area contributed by atoms with Gasteiger partial charge in [0.25, 0.3) is 15.9 Å². The highest BCUT2D eigenvalue weighted by Crippen LogP contribution is 2.45. The minimum absolute atomic E-state index is 0.0209. The first-order valence-electron chi connectivity index (χ1n) is 17.4. The van der Waals surface area contributed by atoms with Crippen molar-refractivity contribution in [2.24, 2.45) is 0 Å². The van der Waals surface area contributed by atoms with Gasteiger partial charge >= 0.3 is 0 Å². The van der Waals surface area contributed by atoms with Crippen LogP contribution in [0.3, 0.4) is 0 Å². The van der Waals surface area contributed by atoms with E-state index in [-0.39, 0.29) is 44.0 Å². The first-order chi connectivity index (χ1) is 24.2. The third-order valence-corrected chi connectivity index (χ3v) is 11.2. The highest BCUT2D eigenvalue weighted by atomic mass is 32.2. The number of ether oxygens (including phenoxy) is 2. The number of nitrogens with one attached hydrogen (secondary N) is 2. The standard InChI is InChI=1S/C42H48N2O6S/c1-8-35(50-36-25-24-28(41(4,5)9-2)26-32(36)42(6,7)10-3)40(46)43-34-27-37(49-29-18-13-11-14-19-29)38-31(39(34)45)22-17-23-33(38)44-51(47,48)30-20-15-12-16-21-30/h11-27,35,44-45H,8-10H2,1-7H3,(H,43,46). The SMILES string of the molecule is CCC(Oc1ccc(C(C)(C)CC)cc1C(C)(C)CC)C(=O)Nc1cc(Oc2ccccc2)c2c(NS(=O)(=O)c3ccccc3)cccc2c1O. The molecule has 0 heterocycles. The van der Waals surface area contributed by atoms with Crippen LogP contribution in [-0.2, 0) is 25.6 Å². The summed E-state index contributed by atoms with van der Waals surface area (Å²) in [5, 5.41) is 15.1. The third kappa shape index (κ3) is 8.15. The topological polar surface area (TPSA) is 114 Å². The number of carbonyl (C=O) groups is 1. The summed E-state index contributed by atoms with van der Waals surface area (Å²) in [5.41, 5.74) is 2.32. The summed E-state index contributed by atoms with van der Waals surface area (Å²) in [6.07, 6.45) is 1.35. The zero-order valence-corrected chi connectivity index (χ0v) is 31.2. The van der Waals surface area contributed by atoms with Crippen LogP contribution in [0.2, 0.25) is 0 Å². The van der Waals surface area contributed by atoms with Crippen molar-refractivity contribution in [2.75, 3.05) is 10.0 Å². The van der Waals surface area contributed by atoms with E-state index in [9.17, 15) is 18.3 Å². The smallest absolute Gasteiger partial charge is 0.265 e. The lowest BCUT2D eigenvalue weighted by atomic mass is 9.76. The highest BCUT2D eigenvalue weighted by molar-refractivity contribution is 7.92. The molecule has 1 amide bonds. The average Bonchev–Trinajstić information content (AvgIpc) is 3.13. The maximum absolute atomic E-state index is 13.9. The van der Waals surface area contributed by atoms with Gasteiger partial charge in [-0.15, -0.1) is 0 Å². The van der Waals surface area contributed by atoms with E-state index in [1.54, 1.807) is 48.5 Å². The van der Waals surface area contributed by atoms with Gasteiger partial charge in [-0.05, 0) is 72.1 Å². The van der Waals surface area contributed by atoms with E-state index in [2.05, 4.69) is 63.7 Å². The number of phenolic OH excluding ortho intramolecular Hbond substituents is 1. The van der Waals surface area contributed by atoms with E-state index in [1.807, 2.05) is 31.2 Å². The Morgan fingerprint density at radius 1 is 0.765 bits per heavy atom. The number of aromatic hydroxyl groups is 1. The quantitative estimate of drug-likeness (QED) is 0.0990. The van der Waals surface area contributed by atoms with Crippen molar-refractivity contribution in [3.05, 3.63) is 114 Å². The van der Waals surface area contributed by atoms with Crippen LogP contribution in [0.15, 0.2) is 108 Å². The fourth-order valence-electron chi connectivity index (χ4n) is 5.78. The molecule has 0 fully saturated rings. The molecule has 1 atom stereocenters. The molecule has 1 unspecified atom stereocenters. The molecule has 0 radical (unpaired) electrons. The van der Waals surface area contributed by atoms with Gasteiger partial charge in [-0.2, -0.15) is 0 Å². The number of hydrogen-bond acceptors (Lipinski definition) is 6. The molecule has 5 rings (SSSR count). The number of benzene rings is 5. The second-order valence-corrected chi connectivity index (χ2v) is 15.7. The van der Waals surface area contributed by atoms with E-state index in [4.69, 9.17) is 9.47 Å². The van der Waals surface area contributed by atoms with Crippen molar-refractivity contribution in [1.82, 2.24) is 0 Å². The predicted octanol–water partition coefficient (Wildman–Crippen LogP) is 10.3. The van der Waals surface area contributed by atoms with Gasteiger partial charge in [-0.3, -0.25) is 9.52 Å². The molecule has 51 heavy (non-hydrogen) atoms. The maximum Gasteiger partial charge on any atom is 0.265 e. The lowest BCUT2D eigenvalue weighted by molar-refractivity contribution is -0.122. The molecule has 0 aliphatic rings. The van der Waals surface area contributed by atoms with Gasteiger partial charge in [0.1, 0.15) is 23.0 Å². The van der Waals surface area contributed by atoms with Gasteiger partial charge < -0.3 is 19.9 Å². The summed E-state index contributed by atoms with van der Waals surface area (Å²) in [5.74, 6) is 0.666. The Hall–Kier alpha value is -5.02. The van der Waals surface area contributed by atoms with Gasteiger partial charge in [-0.25, -0.2) is 8.42 Å². The number of phenols is 1. The van der Waals surface area contributed by atoms with Crippen molar-refractivity contribution in [3.8, 4) is 23.0 Å². The van der Waals surface area contributed by atoms with Gasteiger partial charge in [0.2, 0.25) is 0 Å². The number of para-hydroxylation sites is 1. The normalized spacial score (nSPS) is 12.7. The second kappa shape index (κ2) is 15.1. The summed E-state index contributed by atoms with van der Waals surface area (Å²) in [6, 6.07) is 29.6. The molecular formula is C42H48N2O6S. The Kier molecular flexibility index (Phi) is 11.0. The number of anilines is 2. The van der Waals surface area contributed by atoms with Crippen LogP contribution in [0.1, 0.15) is 78.9 Å². The molecular weight excluding hydrogens is 661 g/mol. The zero-order chi connectivity index (χ0) is 37.0. The van der Waals surface area contributed by atoms with Gasteiger partial charge in [-0.1, -0.05) is 109 Å². The van der Waals surface area contributed by atoms with Crippen LogP contribution in [0.4, 0.5) is 11.4 Å². The molecule has 268 valence electrons. The average molecular weight is 709 g/mol. The van der Waals surface area contributed by atoms with E-state index in [0.717, 1.165) is 18.4 Å². The van der Waals surface area contributed by atoms with Crippen LogP contribution in [0, 0.1) is 0 Å². The number of carbonyl (C=O) groups excluding carboxylic acids is 1. The van der Waals surface area contributed by atoms with Crippen LogP contribution in [0.5, 0.6) is 23.0 Å². The summed E-state index contributed by atoms with van der Waals surface area (Å²) >= 11 is 0. The first kappa shape index (κ1) is 37.2. The van der Waals surface area contributed by atoms with Crippen molar-refractivity contribution < 1.29 is 27.8 Å². The molecule has 0 spiro atoms. The summed E-state index contributed by atoms with van der Waals surface area (Å²) < 4.78 is 42.2. The predicted molar refractivity (Wildman–Crippen MR) is 206 cm³/mol. The van der Waals surface area contributed by atoms with Gasteiger partial charge in [0, 0.05) is 17.0 Å². The molecule has 9 heteroatoms. The molecule has 3 N–H and O–H groups in total. The van der Waals surface area contributed by atoms with E-state index in [0.29, 0.717) is 23.3 Å². The van der Waals surface area contributed by atoms with Crippen LogP contribution in [-0.4, -0.2) is 25.5 Å². The molecule has 5 aromatic carbocycles. The monoisotopic (exact) mass is 708 g/mol. The molecule has 0 saturated heterocycles. The van der Waals surface area contributed by atoms with E-state index < -0.39 is 22.0 Å². The molecule has 0 aromatic heterocycles. The van der Waals surface area contributed by atoms with Crippen molar-refractivity contribution in [1.29, 1.82) is 0 Å². The maximum atomic E-state index is 13.9. The molecule has 0 aliphatic heterocycles. The van der Waals surface area contributed by atoms with Crippen LogP contribution >= 0.6 is 0 Å². The summed E-state index contributed by atoms with van der Waals surface area (Å²) in [6.45, 7) is 15.0. The van der Waals surface area contributed by atoms with Gasteiger partial charge in [0.05, 0.1) is 21.7 Å². The van der Waals surface area contributed by atoms with E-state index >= 15 is 0 Å². The number of rotatable bonds is 14. The van der Waals surface area contributed by atoms with Gasteiger partial charge in [0.15, 0.2) is 6.10 Å². The number of sulfonamides is 1. The molecule has 8 nitrogen and oxygen atoms in total. The Balaban J connectivity index is 1.54. The number of fused-ring (bicyclic) bond motifs is 1. The Morgan fingerprint density at radius 2 is 1.41 bits per heavy atom. The Bertz CT molecular complexity index is 2110.